The van der Waals surface area contributed by atoms with Gasteiger partial charge in [-0.15, -0.1) is 0 Å². The molecule has 0 aliphatic heterocycles. The monoisotopic (exact) mass is 291 g/mol. The summed E-state index contributed by atoms with van der Waals surface area (Å²) in [6.07, 6.45) is 5.49. The van der Waals surface area contributed by atoms with Crippen molar-refractivity contribution in [3.63, 3.8) is 0 Å². The lowest BCUT2D eigenvalue weighted by Crippen LogP contribution is -2.24. The first kappa shape index (κ1) is 16.9. The molecular weight excluding hydrogens is 270 g/mol. The zero-order chi connectivity index (χ0) is 15.5. The van der Waals surface area contributed by atoms with E-state index in [9.17, 15) is 9.59 Å². The molecule has 21 heavy (non-hydrogen) atoms. The maximum Gasteiger partial charge on any atom is 0.328 e. The van der Waals surface area contributed by atoms with Crippen LogP contribution in [-0.4, -0.2) is 37.2 Å². The van der Waals surface area contributed by atoms with Crippen LogP contribution in [0.2, 0.25) is 0 Å². The third-order valence-electron chi connectivity index (χ3n) is 2.90. The van der Waals surface area contributed by atoms with Crippen LogP contribution in [0.25, 0.3) is 6.08 Å². The highest BCUT2D eigenvalue weighted by atomic mass is 16.5. The first-order valence-electron chi connectivity index (χ1n) is 6.91. The largest absolute Gasteiger partial charge is 0.478 e. The number of carbonyl (C=O) groups is 2. The second-order valence-corrected chi connectivity index (χ2v) is 4.60. The lowest BCUT2D eigenvalue weighted by Gasteiger charge is -2.05. The van der Waals surface area contributed by atoms with E-state index in [1.807, 2.05) is 0 Å². The quantitative estimate of drug-likeness (QED) is 0.541. The molecule has 0 saturated carbocycles. The number of methoxy groups -OCH3 is 1. The number of rotatable bonds is 9. The molecule has 1 aromatic rings. The summed E-state index contributed by atoms with van der Waals surface area (Å²) in [6.45, 7) is 1.39. The van der Waals surface area contributed by atoms with Gasteiger partial charge in [0.25, 0.3) is 5.91 Å². The number of carbonyl (C=O) groups excluding carboxylic acids is 1. The van der Waals surface area contributed by atoms with Gasteiger partial charge in [-0.05, 0) is 43.0 Å². The number of benzene rings is 1. The lowest BCUT2D eigenvalue weighted by molar-refractivity contribution is -0.131. The Labute approximate surface area is 124 Å². The van der Waals surface area contributed by atoms with Crippen molar-refractivity contribution in [3.05, 3.63) is 41.5 Å². The fourth-order valence-corrected chi connectivity index (χ4v) is 1.77. The van der Waals surface area contributed by atoms with Crippen LogP contribution in [0.5, 0.6) is 0 Å². The zero-order valence-electron chi connectivity index (χ0n) is 12.2. The number of carboxylic acid groups (broad SMARTS) is 1. The van der Waals surface area contributed by atoms with Crippen LogP contribution < -0.4 is 5.32 Å². The van der Waals surface area contributed by atoms with Gasteiger partial charge in [-0.3, -0.25) is 4.79 Å². The summed E-state index contributed by atoms with van der Waals surface area (Å²) in [6, 6.07) is 6.80. The van der Waals surface area contributed by atoms with E-state index in [0.717, 1.165) is 37.5 Å². The predicted molar refractivity (Wildman–Crippen MR) is 81.2 cm³/mol. The molecule has 0 aliphatic carbocycles. The van der Waals surface area contributed by atoms with Crippen molar-refractivity contribution in [2.75, 3.05) is 20.3 Å². The highest BCUT2D eigenvalue weighted by molar-refractivity contribution is 5.94. The Morgan fingerprint density at radius 2 is 1.90 bits per heavy atom. The van der Waals surface area contributed by atoms with Gasteiger partial charge in [-0.2, -0.15) is 0 Å². The Morgan fingerprint density at radius 3 is 2.52 bits per heavy atom. The van der Waals surface area contributed by atoms with Gasteiger partial charge in [0.05, 0.1) is 0 Å². The van der Waals surface area contributed by atoms with Crippen LogP contribution in [-0.2, 0) is 9.53 Å². The number of hydrogen-bond acceptors (Lipinski definition) is 3. The van der Waals surface area contributed by atoms with Gasteiger partial charge in [-0.1, -0.05) is 12.1 Å². The highest BCUT2D eigenvalue weighted by Gasteiger charge is 2.03. The molecule has 0 unspecified atom stereocenters. The number of carboxylic acids is 1. The Morgan fingerprint density at radius 1 is 1.19 bits per heavy atom. The third kappa shape index (κ3) is 7.27. The molecule has 114 valence electrons. The first-order valence-corrected chi connectivity index (χ1v) is 6.91. The summed E-state index contributed by atoms with van der Waals surface area (Å²) in [4.78, 5) is 22.3. The fourth-order valence-electron chi connectivity index (χ4n) is 1.77. The Bertz CT molecular complexity index is 480. The topological polar surface area (TPSA) is 75.6 Å². The maximum atomic E-state index is 11.9. The molecule has 0 spiro atoms. The van der Waals surface area contributed by atoms with Crippen LogP contribution in [0.3, 0.4) is 0 Å². The van der Waals surface area contributed by atoms with Crippen LogP contribution in [0, 0.1) is 0 Å². The summed E-state index contributed by atoms with van der Waals surface area (Å²) in [5, 5.41) is 11.4. The van der Waals surface area contributed by atoms with Gasteiger partial charge < -0.3 is 15.2 Å². The Kier molecular flexibility index (Phi) is 7.82. The molecule has 0 fully saturated rings. The van der Waals surface area contributed by atoms with E-state index in [1.54, 1.807) is 31.4 Å². The fraction of sp³-hybridized carbons (Fsp3) is 0.375. The average molecular weight is 291 g/mol. The number of amides is 1. The van der Waals surface area contributed by atoms with Crippen molar-refractivity contribution in [3.8, 4) is 0 Å². The van der Waals surface area contributed by atoms with E-state index in [0.29, 0.717) is 12.1 Å². The van der Waals surface area contributed by atoms with Gasteiger partial charge >= 0.3 is 5.97 Å². The molecule has 0 saturated heterocycles. The van der Waals surface area contributed by atoms with Crippen molar-refractivity contribution >= 4 is 18.0 Å². The Balaban J connectivity index is 2.36. The molecule has 1 rings (SSSR count). The smallest absolute Gasteiger partial charge is 0.328 e. The number of aliphatic carboxylic acids is 1. The summed E-state index contributed by atoms with van der Waals surface area (Å²) in [7, 11) is 1.68. The van der Waals surface area contributed by atoms with Crippen LogP contribution >= 0.6 is 0 Å². The van der Waals surface area contributed by atoms with E-state index in [2.05, 4.69) is 5.32 Å². The molecule has 0 heterocycles. The molecule has 2 N–H and O–H groups in total. The molecular formula is C16H21NO4. The molecule has 0 atom stereocenters. The summed E-state index contributed by atoms with van der Waals surface area (Å²) >= 11 is 0. The summed E-state index contributed by atoms with van der Waals surface area (Å²) in [5.41, 5.74) is 1.31. The Hall–Kier alpha value is -2.14. The van der Waals surface area contributed by atoms with Crippen molar-refractivity contribution in [2.24, 2.45) is 0 Å². The van der Waals surface area contributed by atoms with Crippen molar-refractivity contribution in [1.29, 1.82) is 0 Å². The summed E-state index contributed by atoms with van der Waals surface area (Å²) in [5.74, 6) is -1.11. The van der Waals surface area contributed by atoms with Gasteiger partial charge in [0, 0.05) is 31.9 Å². The predicted octanol–water partition coefficient (Wildman–Crippen LogP) is 2.33. The van der Waals surface area contributed by atoms with Crippen LogP contribution in [0.1, 0.15) is 35.2 Å². The second-order valence-electron chi connectivity index (χ2n) is 4.60. The zero-order valence-corrected chi connectivity index (χ0v) is 12.2. The van der Waals surface area contributed by atoms with Crippen molar-refractivity contribution in [2.45, 2.75) is 19.3 Å². The molecule has 5 nitrogen and oxygen atoms in total. The van der Waals surface area contributed by atoms with E-state index in [1.165, 1.54) is 6.08 Å². The minimum Gasteiger partial charge on any atom is -0.478 e. The lowest BCUT2D eigenvalue weighted by atomic mass is 10.1. The second kappa shape index (κ2) is 9.72. The van der Waals surface area contributed by atoms with E-state index >= 15 is 0 Å². The molecule has 0 radical (unpaired) electrons. The molecule has 5 heteroatoms. The van der Waals surface area contributed by atoms with Gasteiger partial charge in [-0.25, -0.2) is 4.79 Å². The number of hydrogen-bond donors (Lipinski definition) is 2. The molecule has 1 amide bonds. The molecule has 0 aromatic heterocycles. The number of ether oxygens (including phenoxy) is 1. The SMILES string of the molecule is COCCCCCNC(=O)c1ccc(/C=C/C(=O)O)cc1. The minimum absolute atomic E-state index is 0.115. The standard InChI is InChI=1S/C16H21NO4/c1-21-12-4-2-3-11-17-16(20)14-8-5-13(6-9-14)7-10-15(18)19/h5-10H,2-4,11-12H2,1H3,(H,17,20)(H,18,19)/b10-7+. The molecule has 0 bridgehead atoms. The van der Waals surface area contributed by atoms with E-state index in [4.69, 9.17) is 9.84 Å². The minimum atomic E-state index is -0.995. The first-order chi connectivity index (χ1) is 10.1. The van der Waals surface area contributed by atoms with Gasteiger partial charge in [0.1, 0.15) is 0 Å². The van der Waals surface area contributed by atoms with Crippen molar-refractivity contribution < 1.29 is 19.4 Å². The number of unbranched alkanes of at least 4 members (excludes halogenated alkanes) is 2. The van der Waals surface area contributed by atoms with Gasteiger partial charge in [0.15, 0.2) is 0 Å². The molecule has 1 aromatic carbocycles. The summed E-state index contributed by atoms with van der Waals surface area (Å²) < 4.78 is 4.96. The van der Waals surface area contributed by atoms with E-state index in [-0.39, 0.29) is 5.91 Å². The maximum absolute atomic E-state index is 11.9. The highest BCUT2D eigenvalue weighted by Crippen LogP contribution is 2.06. The van der Waals surface area contributed by atoms with E-state index < -0.39 is 5.97 Å². The van der Waals surface area contributed by atoms with Crippen LogP contribution in [0.4, 0.5) is 0 Å². The number of nitrogens with one attached hydrogen (secondary N) is 1. The normalized spacial score (nSPS) is 10.7. The molecule has 0 aliphatic rings. The average Bonchev–Trinajstić information content (AvgIpc) is 2.49. The van der Waals surface area contributed by atoms with Gasteiger partial charge in [0.2, 0.25) is 0 Å². The third-order valence-corrected chi connectivity index (χ3v) is 2.90. The van der Waals surface area contributed by atoms with Crippen LogP contribution in [0.15, 0.2) is 30.3 Å². The van der Waals surface area contributed by atoms with Crippen molar-refractivity contribution in [1.82, 2.24) is 5.32 Å².